The van der Waals surface area contributed by atoms with Gasteiger partial charge < -0.3 is 23.2 Å². The molecule has 0 aliphatic heterocycles. The molecule has 0 aromatic heterocycles. The zero-order valence-electron chi connectivity index (χ0n) is 22.8. The summed E-state index contributed by atoms with van der Waals surface area (Å²) in [5, 5.41) is 0. The van der Waals surface area contributed by atoms with E-state index in [9.17, 15) is 0 Å². The van der Waals surface area contributed by atoms with Gasteiger partial charge in [0.1, 0.15) is 0 Å². The molecular weight excluding hydrogens is 434 g/mol. The Bertz CT molecular complexity index is 375. The van der Waals surface area contributed by atoms with Gasteiger partial charge in [-0.3, -0.25) is 0 Å². The smallest absolute Gasteiger partial charge is 0.161 e. The molecule has 0 rings (SSSR count). The number of ether oxygens (including phenoxy) is 2. The summed E-state index contributed by atoms with van der Waals surface area (Å²) in [6.45, 7) is 18.4. The normalized spacial score (nSPS) is 13.5. The molecule has 0 aliphatic rings. The van der Waals surface area contributed by atoms with Crippen molar-refractivity contribution in [3.05, 3.63) is 0 Å². The molecule has 0 aliphatic carbocycles. The van der Waals surface area contributed by atoms with Crippen molar-refractivity contribution in [1.82, 2.24) is 4.90 Å². The van der Waals surface area contributed by atoms with Crippen molar-refractivity contribution in [2.75, 3.05) is 46.6 Å². The maximum absolute atomic E-state index is 6.22. The molecule has 0 amide bonds. The standard InChI is InChI=1S/C25H57NO4Si2/c1-8-29-31-20-16-12-10-14-18-27-24(3,4)22-26(7)23-25(5,6)28-19-15-11-13-17-21-32-30-9-2/h8-23,31-32H2,1-7H3. The fourth-order valence-corrected chi connectivity index (χ4v) is 6.21. The molecule has 0 aromatic rings. The number of likely N-dealkylation sites (N-methyl/N-ethyl adjacent to an activating group) is 1. The van der Waals surface area contributed by atoms with Gasteiger partial charge in [0.2, 0.25) is 0 Å². The molecular formula is C25H57NO4Si2. The van der Waals surface area contributed by atoms with Crippen LogP contribution in [0, 0.1) is 0 Å². The van der Waals surface area contributed by atoms with E-state index in [-0.39, 0.29) is 30.7 Å². The first-order chi connectivity index (χ1) is 15.2. The Kier molecular flexibility index (Phi) is 20.7. The third-order valence-corrected chi connectivity index (χ3v) is 8.53. The van der Waals surface area contributed by atoms with Crippen molar-refractivity contribution in [3.8, 4) is 0 Å². The van der Waals surface area contributed by atoms with Crippen molar-refractivity contribution >= 4 is 19.5 Å². The first-order valence-electron chi connectivity index (χ1n) is 13.3. The highest BCUT2D eigenvalue weighted by Crippen LogP contribution is 2.17. The third kappa shape index (κ3) is 22.0. The Morgan fingerprint density at radius 3 is 1.34 bits per heavy atom. The van der Waals surface area contributed by atoms with Crippen LogP contribution < -0.4 is 0 Å². The largest absolute Gasteiger partial charge is 0.424 e. The Hall–Kier alpha value is 0.234. The van der Waals surface area contributed by atoms with Gasteiger partial charge in [0.25, 0.3) is 0 Å². The summed E-state index contributed by atoms with van der Waals surface area (Å²) in [5.74, 6) is 0. The van der Waals surface area contributed by atoms with E-state index in [0.29, 0.717) is 0 Å². The highest BCUT2D eigenvalue weighted by molar-refractivity contribution is 6.27. The average molecular weight is 492 g/mol. The molecule has 0 saturated heterocycles. The second-order valence-electron chi connectivity index (χ2n) is 10.3. The highest BCUT2D eigenvalue weighted by Gasteiger charge is 2.26. The van der Waals surface area contributed by atoms with Crippen LogP contribution >= 0.6 is 0 Å². The molecule has 194 valence electrons. The van der Waals surface area contributed by atoms with Gasteiger partial charge >= 0.3 is 0 Å². The first-order valence-corrected chi connectivity index (χ1v) is 16.5. The third-order valence-electron chi connectivity index (χ3n) is 5.56. The maximum atomic E-state index is 6.22. The van der Waals surface area contributed by atoms with E-state index in [0.717, 1.165) is 52.4 Å². The van der Waals surface area contributed by atoms with Crippen LogP contribution in [0.5, 0.6) is 0 Å². The predicted octanol–water partition coefficient (Wildman–Crippen LogP) is 4.71. The number of nitrogens with zero attached hydrogens (tertiary/aromatic N) is 1. The minimum atomic E-state index is -0.242. The summed E-state index contributed by atoms with van der Waals surface area (Å²) in [6, 6.07) is 2.64. The van der Waals surface area contributed by atoms with Gasteiger partial charge in [-0.05, 0) is 73.5 Å². The minimum Gasteiger partial charge on any atom is -0.424 e. The first kappa shape index (κ1) is 32.2. The highest BCUT2D eigenvalue weighted by atomic mass is 28.2. The van der Waals surface area contributed by atoms with Crippen LogP contribution in [0.4, 0.5) is 0 Å². The molecule has 0 spiro atoms. The molecule has 32 heavy (non-hydrogen) atoms. The Morgan fingerprint density at radius 2 is 0.969 bits per heavy atom. The van der Waals surface area contributed by atoms with E-state index in [1.165, 1.54) is 50.6 Å². The van der Waals surface area contributed by atoms with Gasteiger partial charge in [0.15, 0.2) is 19.5 Å². The van der Waals surface area contributed by atoms with Gasteiger partial charge in [0.05, 0.1) is 11.2 Å². The van der Waals surface area contributed by atoms with Crippen LogP contribution in [0.1, 0.15) is 92.9 Å². The number of rotatable bonds is 24. The van der Waals surface area contributed by atoms with Crippen LogP contribution in [0.3, 0.4) is 0 Å². The summed E-state index contributed by atoms with van der Waals surface area (Å²) >= 11 is 0. The lowest BCUT2D eigenvalue weighted by Crippen LogP contribution is -2.45. The average Bonchev–Trinajstić information content (AvgIpc) is 2.70. The molecule has 0 saturated carbocycles. The number of hydrogen-bond acceptors (Lipinski definition) is 5. The zero-order valence-corrected chi connectivity index (χ0v) is 25.6. The Labute approximate surface area is 205 Å². The van der Waals surface area contributed by atoms with Gasteiger partial charge in [-0.25, -0.2) is 0 Å². The molecule has 0 fully saturated rings. The topological polar surface area (TPSA) is 40.2 Å². The predicted molar refractivity (Wildman–Crippen MR) is 144 cm³/mol. The molecule has 0 radical (unpaired) electrons. The number of hydrogen-bond donors (Lipinski definition) is 0. The van der Waals surface area contributed by atoms with Gasteiger partial charge in [-0.15, -0.1) is 0 Å². The lowest BCUT2D eigenvalue weighted by Gasteiger charge is -2.35. The van der Waals surface area contributed by atoms with Crippen LogP contribution in [0.25, 0.3) is 0 Å². The zero-order chi connectivity index (χ0) is 24.1. The van der Waals surface area contributed by atoms with Crippen LogP contribution in [-0.2, 0) is 18.3 Å². The van der Waals surface area contributed by atoms with E-state index < -0.39 is 0 Å². The van der Waals surface area contributed by atoms with Gasteiger partial charge in [-0.2, -0.15) is 0 Å². The van der Waals surface area contributed by atoms with Gasteiger partial charge in [0, 0.05) is 39.5 Å². The van der Waals surface area contributed by atoms with Crippen molar-refractivity contribution in [2.24, 2.45) is 0 Å². The molecule has 5 nitrogen and oxygen atoms in total. The van der Waals surface area contributed by atoms with Crippen molar-refractivity contribution in [1.29, 1.82) is 0 Å². The van der Waals surface area contributed by atoms with Crippen LogP contribution in [0.15, 0.2) is 0 Å². The van der Waals surface area contributed by atoms with Crippen molar-refractivity contribution < 1.29 is 18.3 Å². The molecule has 7 heteroatoms. The van der Waals surface area contributed by atoms with Crippen LogP contribution in [-0.4, -0.2) is 82.2 Å². The molecule has 0 bridgehead atoms. The van der Waals surface area contributed by atoms with E-state index >= 15 is 0 Å². The van der Waals surface area contributed by atoms with Gasteiger partial charge in [-0.1, -0.05) is 38.5 Å². The Balaban J connectivity index is 3.81. The van der Waals surface area contributed by atoms with E-state index in [4.69, 9.17) is 18.3 Å². The summed E-state index contributed by atoms with van der Waals surface area (Å²) < 4.78 is 23.5. The minimum absolute atomic E-state index is 0.127. The fourth-order valence-electron chi connectivity index (χ4n) is 4.11. The molecule has 0 unspecified atom stereocenters. The van der Waals surface area contributed by atoms with Crippen LogP contribution in [0.2, 0.25) is 12.1 Å². The second kappa shape index (κ2) is 20.6. The van der Waals surface area contributed by atoms with Crippen molar-refractivity contribution in [3.63, 3.8) is 0 Å². The molecule has 0 aromatic carbocycles. The van der Waals surface area contributed by atoms with Crippen molar-refractivity contribution in [2.45, 2.75) is 116 Å². The monoisotopic (exact) mass is 491 g/mol. The van der Waals surface area contributed by atoms with E-state index in [1.807, 2.05) is 0 Å². The second-order valence-corrected chi connectivity index (χ2v) is 13.4. The fraction of sp³-hybridized carbons (Fsp3) is 1.00. The summed E-state index contributed by atoms with van der Waals surface area (Å²) in [5.41, 5.74) is -0.255. The molecule has 0 atom stereocenters. The lowest BCUT2D eigenvalue weighted by molar-refractivity contribution is -0.0682. The van der Waals surface area contributed by atoms with E-state index in [2.05, 4.69) is 53.5 Å². The lowest BCUT2D eigenvalue weighted by atomic mass is 10.1. The summed E-state index contributed by atoms with van der Waals surface area (Å²) in [4.78, 5) is 2.36. The summed E-state index contributed by atoms with van der Waals surface area (Å²) in [7, 11) is 1.70. The molecule has 0 heterocycles. The maximum Gasteiger partial charge on any atom is 0.161 e. The SMILES string of the molecule is CCO[SiH2]CCCCCCOC(C)(C)CN(C)CC(C)(C)OCCCCCC[SiH2]OCC. The van der Waals surface area contributed by atoms with E-state index in [1.54, 1.807) is 0 Å². The summed E-state index contributed by atoms with van der Waals surface area (Å²) in [6.07, 6.45) is 10.1. The quantitative estimate of drug-likeness (QED) is 0.144. The number of unbranched alkanes of at least 4 members (excludes halogenated alkanes) is 6. The molecule has 0 N–H and O–H groups in total. The Morgan fingerprint density at radius 1 is 0.594 bits per heavy atom.